The van der Waals surface area contributed by atoms with Gasteiger partial charge in [0.2, 0.25) is 0 Å². The summed E-state index contributed by atoms with van der Waals surface area (Å²) in [6, 6.07) is 8.38. The third-order valence-corrected chi connectivity index (χ3v) is 5.62. The molecule has 3 rings (SSSR count). The molecule has 1 saturated carbocycles. The standard InChI is InChI=1S/C23H36N4O2/c1-4-24-23(26-21-8-6-5-7-9-21)25-14-19-10-12-20(13-11-19)22(28)27-15-17(2)29-18(3)16-27/h10-13,17-18,21H,4-9,14-16H2,1-3H3,(H2,24,25,26). The van der Waals surface area contributed by atoms with Gasteiger partial charge in [0.15, 0.2) is 5.96 Å². The Morgan fingerprint density at radius 3 is 2.38 bits per heavy atom. The summed E-state index contributed by atoms with van der Waals surface area (Å²) in [4.78, 5) is 19.4. The average Bonchev–Trinajstić information content (AvgIpc) is 2.72. The lowest BCUT2D eigenvalue weighted by Crippen LogP contribution is -2.48. The third-order valence-electron chi connectivity index (χ3n) is 5.62. The van der Waals surface area contributed by atoms with E-state index >= 15 is 0 Å². The van der Waals surface area contributed by atoms with E-state index in [1.807, 2.05) is 43.0 Å². The van der Waals surface area contributed by atoms with Crippen molar-refractivity contribution < 1.29 is 9.53 Å². The minimum absolute atomic E-state index is 0.0781. The van der Waals surface area contributed by atoms with Crippen LogP contribution in [0, 0.1) is 0 Å². The molecule has 0 spiro atoms. The first-order valence-electron chi connectivity index (χ1n) is 11.1. The number of aliphatic imine (C=N–C) groups is 1. The number of carbonyl (C=O) groups is 1. The van der Waals surface area contributed by atoms with Crippen molar-refractivity contribution in [3.8, 4) is 0 Å². The van der Waals surface area contributed by atoms with Crippen molar-refractivity contribution in [1.82, 2.24) is 15.5 Å². The summed E-state index contributed by atoms with van der Waals surface area (Å²) in [6.45, 7) is 8.86. The Kier molecular flexibility index (Phi) is 7.92. The Morgan fingerprint density at radius 2 is 1.76 bits per heavy atom. The van der Waals surface area contributed by atoms with Gasteiger partial charge < -0.3 is 20.3 Å². The normalized spacial score (nSPS) is 23.7. The van der Waals surface area contributed by atoms with Crippen molar-refractivity contribution in [3.63, 3.8) is 0 Å². The fourth-order valence-corrected chi connectivity index (χ4v) is 4.21. The van der Waals surface area contributed by atoms with Crippen LogP contribution >= 0.6 is 0 Å². The van der Waals surface area contributed by atoms with E-state index in [9.17, 15) is 4.79 Å². The largest absolute Gasteiger partial charge is 0.372 e. The Balaban J connectivity index is 1.58. The number of hydrogen-bond acceptors (Lipinski definition) is 3. The van der Waals surface area contributed by atoms with Crippen LogP contribution in [0.1, 0.15) is 68.8 Å². The Hall–Kier alpha value is -2.08. The van der Waals surface area contributed by atoms with Gasteiger partial charge in [0.05, 0.1) is 18.8 Å². The second-order valence-electron chi connectivity index (χ2n) is 8.34. The van der Waals surface area contributed by atoms with Crippen molar-refractivity contribution >= 4 is 11.9 Å². The van der Waals surface area contributed by atoms with Crippen molar-refractivity contribution in [2.24, 2.45) is 4.99 Å². The maximum atomic E-state index is 12.8. The zero-order chi connectivity index (χ0) is 20.6. The number of nitrogens with zero attached hydrogens (tertiary/aromatic N) is 2. The summed E-state index contributed by atoms with van der Waals surface area (Å²) in [7, 11) is 0. The van der Waals surface area contributed by atoms with Crippen LogP contribution in [0.25, 0.3) is 0 Å². The molecule has 0 aromatic heterocycles. The molecule has 2 N–H and O–H groups in total. The highest BCUT2D eigenvalue weighted by Gasteiger charge is 2.26. The van der Waals surface area contributed by atoms with Gasteiger partial charge in [0.25, 0.3) is 5.91 Å². The van der Waals surface area contributed by atoms with E-state index in [1.54, 1.807) is 0 Å². The molecule has 1 heterocycles. The number of hydrogen-bond donors (Lipinski definition) is 2. The van der Waals surface area contributed by atoms with Crippen LogP contribution in [0.5, 0.6) is 0 Å². The lowest BCUT2D eigenvalue weighted by molar-refractivity contribution is -0.0586. The molecule has 0 radical (unpaired) electrons. The predicted molar refractivity (Wildman–Crippen MR) is 117 cm³/mol. The number of ether oxygens (including phenoxy) is 1. The van der Waals surface area contributed by atoms with Gasteiger partial charge in [0, 0.05) is 31.2 Å². The van der Waals surface area contributed by atoms with Crippen LogP contribution < -0.4 is 10.6 Å². The molecule has 2 unspecified atom stereocenters. The van der Waals surface area contributed by atoms with Crippen molar-refractivity contribution in [3.05, 3.63) is 35.4 Å². The minimum Gasteiger partial charge on any atom is -0.372 e. The quantitative estimate of drug-likeness (QED) is 0.588. The Bertz CT molecular complexity index is 673. The second-order valence-corrected chi connectivity index (χ2v) is 8.34. The molecule has 1 aliphatic carbocycles. The zero-order valence-electron chi connectivity index (χ0n) is 18.1. The number of amides is 1. The van der Waals surface area contributed by atoms with Crippen molar-refractivity contribution in [1.29, 1.82) is 0 Å². The first-order valence-corrected chi connectivity index (χ1v) is 11.1. The molecule has 2 atom stereocenters. The summed E-state index contributed by atoms with van der Waals surface area (Å²) >= 11 is 0. The van der Waals surface area contributed by atoms with E-state index in [1.165, 1.54) is 32.1 Å². The molecule has 1 saturated heterocycles. The van der Waals surface area contributed by atoms with Crippen molar-refractivity contribution in [2.45, 2.75) is 77.7 Å². The topological polar surface area (TPSA) is 66.0 Å². The van der Waals surface area contributed by atoms with Gasteiger partial charge in [-0.15, -0.1) is 0 Å². The van der Waals surface area contributed by atoms with Gasteiger partial charge >= 0.3 is 0 Å². The molecular weight excluding hydrogens is 364 g/mol. The molecular formula is C23H36N4O2. The fourth-order valence-electron chi connectivity index (χ4n) is 4.21. The van der Waals surface area contributed by atoms with E-state index in [0.29, 0.717) is 25.7 Å². The van der Waals surface area contributed by atoms with Crippen LogP contribution in [-0.2, 0) is 11.3 Å². The average molecular weight is 401 g/mol. The first kappa shape index (κ1) is 21.6. The molecule has 2 aliphatic rings. The number of nitrogens with one attached hydrogen (secondary N) is 2. The van der Waals surface area contributed by atoms with Gasteiger partial charge in [-0.25, -0.2) is 4.99 Å². The highest BCUT2D eigenvalue weighted by Crippen LogP contribution is 2.18. The highest BCUT2D eigenvalue weighted by molar-refractivity contribution is 5.94. The van der Waals surface area contributed by atoms with Crippen LogP contribution in [0.4, 0.5) is 0 Å². The predicted octanol–water partition coefficient (Wildman–Crippen LogP) is 3.32. The minimum atomic E-state index is 0.0781. The second kappa shape index (κ2) is 10.6. The Labute approximate surface area is 175 Å². The highest BCUT2D eigenvalue weighted by atomic mass is 16.5. The third kappa shape index (κ3) is 6.46. The lowest BCUT2D eigenvalue weighted by atomic mass is 9.96. The molecule has 1 aromatic rings. The van der Waals surface area contributed by atoms with E-state index < -0.39 is 0 Å². The van der Waals surface area contributed by atoms with E-state index in [2.05, 4.69) is 17.6 Å². The van der Waals surface area contributed by atoms with Crippen molar-refractivity contribution in [2.75, 3.05) is 19.6 Å². The molecule has 1 aromatic carbocycles. The summed E-state index contributed by atoms with van der Waals surface area (Å²) < 4.78 is 5.73. The fraction of sp³-hybridized carbons (Fsp3) is 0.652. The van der Waals surface area contributed by atoms with Crippen LogP contribution in [0.3, 0.4) is 0 Å². The van der Waals surface area contributed by atoms with Gasteiger partial charge in [-0.05, 0) is 51.3 Å². The van der Waals surface area contributed by atoms with Crippen LogP contribution in [0.2, 0.25) is 0 Å². The molecule has 1 aliphatic heterocycles. The molecule has 160 valence electrons. The molecule has 29 heavy (non-hydrogen) atoms. The number of carbonyl (C=O) groups excluding carboxylic acids is 1. The lowest BCUT2D eigenvalue weighted by Gasteiger charge is -2.35. The molecule has 0 bridgehead atoms. The van der Waals surface area contributed by atoms with Crippen LogP contribution in [-0.4, -0.2) is 54.7 Å². The van der Waals surface area contributed by atoms with Crippen LogP contribution in [0.15, 0.2) is 29.3 Å². The number of morpholine rings is 1. The zero-order valence-corrected chi connectivity index (χ0v) is 18.1. The molecule has 2 fully saturated rings. The molecule has 1 amide bonds. The Morgan fingerprint density at radius 1 is 1.10 bits per heavy atom. The van der Waals surface area contributed by atoms with Gasteiger partial charge in [-0.3, -0.25) is 4.79 Å². The molecule has 6 nitrogen and oxygen atoms in total. The van der Waals surface area contributed by atoms with E-state index in [0.717, 1.165) is 23.6 Å². The number of benzene rings is 1. The van der Waals surface area contributed by atoms with E-state index in [-0.39, 0.29) is 18.1 Å². The van der Waals surface area contributed by atoms with Gasteiger partial charge in [0.1, 0.15) is 0 Å². The maximum absolute atomic E-state index is 12.8. The van der Waals surface area contributed by atoms with Gasteiger partial charge in [-0.2, -0.15) is 0 Å². The first-order chi connectivity index (χ1) is 14.0. The summed E-state index contributed by atoms with van der Waals surface area (Å²) in [6.07, 6.45) is 6.55. The SMILES string of the molecule is CCNC(=NCc1ccc(C(=O)N2CC(C)OC(C)C2)cc1)NC1CCCCC1. The maximum Gasteiger partial charge on any atom is 0.254 e. The molecule has 6 heteroatoms. The summed E-state index contributed by atoms with van der Waals surface area (Å²) in [5.74, 6) is 0.963. The number of rotatable bonds is 5. The summed E-state index contributed by atoms with van der Waals surface area (Å²) in [5.41, 5.74) is 1.83. The van der Waals surface area contributed by atoms with Gasteiger partial charge in [-0.1, -0.05) is 31.4 Å². The monoisotopic (exact) mass is 400 g/mol. The van der Waals surface area contributed by atoms with E-state index in [4.69, 9.17) is 9.73 Å². The number of guanidine groups is 1. The smallest absolute Gasteiger partial charge is 0.254 e. The summed E-state index contributed by atoms with van der Waals surface area (Å²) in [5, 5.41) is 6.92.